The standard InChI is InChI=1S/C13H17Cl2N/c1-2-3-10-8-13(10,16)7-9-4-5-11(14)12(15)6-9/h4-6,10H,2-3,7-8,16H2,1H3. The van der Waals surface area contributed by atoms with Crippen molar-refractivity contribution in [1.82, 2.24) is 0 Å². The van der Waals surface area contributed by atoms with Crippen LogP contribution in [0.1, 0.15) is 31.7 Å². The van der Waals surface area contributed by atoms with E-state index < -0.39 is 0 Å². The summed E-state index contributed by atoms with van der Waals surface area (Å²) in [5.74, 6) is 0.687. The molecular formula is C13H17Cl2N. The van der Waals surface area contributed by atoms with Gasteiger partial charge in [-0.2, -0.15) is 0 Å². The van der Waals surface area contributed by atoms with E-state index in [1.165, 1.54) is 18.4 Å². The average molecular weight is 258 g/mol. The molecule has 0 spiro atoms. The molecule has 1 aliphatic rings. The Bertz CT molecular complexity index is 392. The average Bonchev–Trinajstić information content (AvgIpc) is 2.84. The number of benzene rings is 1. The van der Waals surface area contributed by atoms with E-state index in [2.05, 4.69) is 6.92 Å². The van der Waals surface area contributed by atoms with E-state index >= 15 is 0 Å². The lowest BCUT2D eigenvalue weighted by Crippen LogP contribution is -2.27. The lowest BCUT2D eigenvalue weighted by Gasteiger charge is -2.12. The van der Waals surface area contributed by atoms with Crippen LogP contribution in [0.25, 0.3) is 0 Å². The topological polar surface area (TPSA) is 26.0 Å². The molecule has 2 atom stereocenters. The summed E-state index contributed by atoms with van der Waals surface area (Å²) in [5.41, 5.74) is 7.52. The minimum atomic E-state index is 0.00711. The molecule has 2 unspecified atom stereocenters. The van der Waals surface area contributed by atoms with Crippen LogP contribution in [-0.4, -0.2) is 5.54 Å². The smallest absolute Gasteiger partial charge is 0.0595 e. The van der Waals surface area contributed by atoms with Gasteiger partial charge in [0.05, 0.1) is 10.0 Å². The number of rotatable bonds is 4. The first kappa shape index (κ1) is 12.2. The molecule has 0 saturated heterocycles. The van der Waals surface area contributed by atoms with E-state index in [1.54, 1.807) is 0 Å². The Morgan fingerprint density at radius 3 is 2.75 bits per heavy atom. The quantitative estimate of drug-likeness (QED) is 0.866. The van der Waals surface area contributed by atoms with Crippen molar-refractivity contribution in [2.24, 2.45) is 11.7 Å². The zero-order valence-electron chi connectivity index (χ0n) is 9.47. The van der Waals surface area contributed by atoms with Crippen LogP contribution in [-0.2, 0) is 6.42 Å². The van der Waals surface area contributed by atoms with E-state index in [0.717, 1.165) is 12.8 Å². The lowest BCUT2D eigenvalue weighted by molar-refractivity contribution is 0.556. The maximum Gasteiger partial charge on any atom is 0.0595 e. The molecule has 16 heavy (non-hydrogen) atoms. The Kier molecular flexibility index (Phi) is 3.48. The SMILES string of the molecule is CCCC1CC1(N)Cc1ccc(Cl)c(Cl)c1. The molecule has 3 heteroatoms. The van der Waals surface area contributed by atoms with E-state index in [4.69, 9.17) is 28.9 Å². The predicted molar refractivity (Wildman–Crippen MR) is 70.1 cm³/mol. The fraction of sp³-hybridized carbons (Fsp3) is 0.538. The first-order valence-corrected chi connectivity index (χ1v) is 6.53. The van der Waals surface area contributed by atoms with Crippen molar-refractivity contribution < 1.29 is 0 Å². The highest BCUT2D eigenvalue weighted by Gasteiger charge is 2.49. The molecule has 0 radical (unpaired) electrons. The Balaban J connectivity index is 2.02. The van der Waals surface area contributed by atoms with Gasteiger partial charge in [-0.25, -0.2) is 0 Å². The van der Waals surface area contributed by atoms with Crippen molar-refractivity contribution in [3.05, 3.63) is 33.8 Å². The van der Waals surface area contributed by atoms with Gasteiger partial charge in [0.1, 0.15) is 0 Å². The zero-order chi connectivity index (χ0) is 11.8. The third-order valence-electron chi connectivity index (χ3n) is 3.43. The third kappa shape index (κ3) is 2.53. The van der Waals surface area contributed by atoms with Gasteiger partial charge in [-0.1, -0.05) is 42.6 Å². The highest BCUT2D eigenvalue weighted by atomic mass is 35.5. The van der Waals surface area contributed by atoms with Crippen molar-refractivity contribution in [1.29, 1.82) is 0 Å². The summed E-state index contributed by atoms with van der Waals surface area (Å²) in [5, 5.41) is 1.23. The van der Waals surface area contributed by atoms with Crippen LogP contribution in [0.4, 0.5) is 0 Å². The first-order valence-electron chi connectivity index (χ1n) is 5.78. The Morgan fingerprint density at radius 2 is 2.12 bits per heavy atom. The predicted octanol–water partition coefficient (Wildman–Crippen LogP) is 4.05. The second kappa shape index (κ2) is 4.56. The highest BCUT2D eigenvalue weighted by molar-refractivity contribution is 6.42. The van der Waals surface area contributed by atoms with Crippen molar-refractivity contribution in [2.45, 2.75) is 38.1 Å². The fourth-order valence-corrected chi connectivity index (χ4v) is 2.70. The number of halogens is 2. The summed E-state index contributed by atoms with van der Waals surface area (Å²) in [4.78, 5) is 0. The molecule has 88 valence electrons. The van der Waals surface area contributed by atoms with Gasteiger partial charge in [-0.15, -0.1) is 0 Å². The maximum absolute atomic E-state index is 6.32. The summed E-state index contributed by atoms with van der Waals surface area (Å²) in [6.07, 6.45) is 4.50. The summed E-state index contributed by atoms with van der Waals surface area (Å²) in [6, 6.07) is 5.80. The summed E-state index contributed by atoms with van der Waals surface area (Å²) in [7, 11) is 0. The first-order chi connectivity index (χ1) is 7.55. The van der Waals surface area contributed by atoms with Crippen molar-refractivity contribution in [3.8, 4) is 0 Å². The molecule has 1 aromatic carbocycles. The normalized spacial score (nSPS) is 28.1. The molecule has 1 fully saturated rings. The summed E-state index contributed by atoms with van der Waals surface area (Å²) >= 11 is 11.9. The van der Waals surface area contributed by atoms with Gasteiger partial charge < -0.3 is 5.73 Å². The van der Waals surface area contributed by atoms with Crippen LogP contribution in [0.15, 0.2) is 18.2 Å². The van der Waals surface area contributed by atoms with Crippen LogP contribution in [0.5, 0.6) is 0 Å². The zero-order valence-corrected chi connectivity index (χ0v) is 11.0. The van der Waals surface area contributed by atoms with E-state index in [0.29, 0.717) is 16.0 Å². The second-order valence-electron chi connectivity index (χ2n) is 4.85. The number of hydrogen-bond donors (Lipinski definition) is 1. The summed E-state index contributed by atoms with van der Waals surface area (Å²) < 4.78 is 0. The van der Waals surface area contributed by atoms with Gasteiger partial charge in [0.2, 0.25) is 0 Å². The van der Waals surface area contributed by atoms with Crippen molar-refractivity contribution in [2.75, 3.05) is 0 Å². The largest absolute Gasteiger partial charge is 0.325 e. The number of hydrogen-bond acceptors (Lipinski definition) is 1. The second-order valence-corrected chi connectivity index (χ2v) is 5.66. The lowest BCUT2D eigenvalue weighted by atomic mass is 10.0. The van der Waals surface area contributed by atoms with Gasteiger partial charge in [0.25, 0.3) is 0 Å². The van der Waals surface area contributed by atoms with Crippen LogP contribution in [0.2, 0.25) is 10.0 Å². The molecule has 1 saturated carbocycles. The molecule has 0 aromatic heterocycles. The highest BCUT2D eigenvalue weighted by Crippen LogP contribution is 2.46. The summed E-state index contributed by atoms with van der Waals surface area (Å²) in [6.45, 7) is 2.21. The van der Waals surface area contributed by atoms with Crippen molar-refractivity contribution in [3.63, 3.8) is 0 Å². The molecule has 0 bridgehead atoms. The maximum atomic E-state index is 6.32. The molecule has 0 aliphatic heterocycles. The van der Waals surface area contributed by atoms with Crippen LogP contribution in [0.3, 0.4) is 0 Å². The van der Waals surface area contributed by atoms with Gasteiger partial charge in [0, 0.05) is 5.54 Å². The Hall–Kier alpha value is -0.240. The Morgan fingerprint density at radius 1 is 1.38 bits per heavy atom. The van der Waals surface area contributed by atoms with Gasteiger partial charge in [0.15, 0.2) is 0 Å². The fourth-order valence-electron chi connectivity index (χ4n) is 2.38. The van der Waals surface area contributed by atoms with Crippen LogP contribution in [0, 0.1) is 5.92 Å². The number of nitrogens with two attached hydrogens (primary N) is 1. The monoisotopic (exact) mass is 257 g/mol. The molecule has 1 aromatic rings. The molecule has 1 aliphatic carbocycles. The van der Waals surface area contributed by atoms with E-state index in [9.17, 15) is 0 Å². The molecule has 2 N–H and O–H groups in total. The third-order valence-corrected chi connectivity index (χ3v) is 4.17. The van der Waals surface area contributed by atoms with E-state index in [-0.39, 0.29) is 5.54 Å². The Labute approximate surface area is 107 Å². The molecule has 1 nitrogen and oxygen atoms in total. The van der Waals surface area contributed by atoms with Gasteiger partial charge >= 0.3 is 0 Å². The minimum Gasteiger partial charge on any atom is -0.325 e. The van der Waals surface area contributed by atoms with Crippen LogP contribution < -0.4 is 5.73 Å². The van der Waals surface area contributed by atoms with Crippen molar-refractivity contribution >= 4 is 23.2 Å². The minimum absolute atomic E-state index is 0.00711. The molecule has 0 amide bonds. The molecular weight excluding hydrogens is 241 g/mol. The van der Waals surface area contributed by atoms with Crippen LogP contribution >= 0.6 is 23.2 Å². The van der Waals surface area contributed by atoms with Gasteiger partial charge in [-0.05, 0) is 42.9 Å². The molecule has 2 rings (SSSR count). The van der Waals surface area contributed by atoms with Gasteiger partial charge in [-0.3, -0.25) is 0 Å². The van der Waals surface area contributed by atoms with E-state index in [1.807, 2.05) is 18.2 Å². The molecule has 0 heterocycles.